The van der Waals surface area contributed by atoms with Gasteiger partial charge in [0.15, 0.2) is 0 Å². The zero-order valence-electron chi connectivity index (χ0n) is 10.5. The Hall–Kier alpha value is -1.55. The van der Waals surface area contributed by atoms with Crippen molar-refractivity contribution in [1.82, 2.24) is 4.90 Å². The van der Waals surface area contributed by atoms with Crippen molar-refractivity contribution in [2.24, 2.45) is 5.73 Å². The van der Waals surface area contributed by atoms with Crippen molar-refractivity contribution in [3.63, 3.8) is 0 Å². The molecule has 1 amide bonds. The third-order valence-electron chi connectivity index (χ3n) is 3.48. The molecule has 0 saturated carbocycles. The van der Waals surface area contributed by atoms with Crippen molar-refractivity contribution < 1.29 is 9.90 Å². The molecular weight excluding hydrogens is 228 g/mol. The molecule has 0 bridgehead atoms. The second kappa shape index (κ2) is 5.87. The number of hydrogen-bond acceptors (Lipinski definition) is 3. The number of carbonyl (C=O) groups is 1. The first-order chi connectivity index (χ1) is 8.65. The van der Waals surface area contributed by atoms with Crippen molar-refractivity contribution in [3.8, 4) is 5.75 Å². The van der Waals surface area contributed by atoms with Crippen LogP contribution in [0.4, 0.5) is 0 Å². The SMILES string of the molecule is NC(=O)C[C@@H]1CCCCN1Cc1cccc(O)c1. The molecule has 1 aromatic rings. The highest BCUT2D eigenvalue weighted by Gasteiger charge is 2.23. The largest absolute Gasteiger partial charge is 0.508 e. The van der Waals surface area contributed by atoms with Gasteiger partial charge in [-0.15, -0.1) is 0 Å². The predicted molar refractivity (Wildman–Crippen MR) is 70.0 cm³/mol. The zero-order valence-corrected chi connectivity index (χ0v) is 10.5. The molecule has 0 spiro atoms. The van der Waals surface area contributed by atoms with Crippen LogP contribution in [0.1, 0.15) is 31.2 Å². The Kier molecular flexibility index (Phi) is 4.20. The van der Waals surface area contributed by atoms with Crippen molar-refractivity contribution in [2.75, 3.05) is 6.54 Å². The molecular formula is C14H20N2O2. The van der Waals surface area contributed by atoms with Gasteiger partial charge >= 0.3 is 0 Å². The van der Waals surface area contributed by atoms with Crippen LogP contribution in [-0.2, 0) is 11.3 Å². The summed E-state index contributed by atoms with van der Waals surface area (Å²) in [4.78, 5) is 13.4. The average Bonchev–Trinajstić information content (AvgIpc) is 2.31. The number of rotatable bonds is 4. The lowest BCUT2D eigenvalue weighted by molar-refractivity contribution is -0.119. The van der Waals surface area contributed by atoms with E-state index in [1.54, 1.807) is 12.1 Å². The number of piperidine rings is 1. The summed E-state index contributed by atoms with van der Waals surface area (Å²) >= 11 is 0. The van der Waals surface area contributed by atoms with Gasteiger partial charge in [0.1, 0.15) is 5.75 Å². The highest BCUT2D eigenvalue weighted by molar-refractivity contribution is 5.74. The number of nitrogens with zero attached hydrogens (tertiary/aromatic N) is 1. The molecule has 2 rings (SSSR count). The van der Waals surface area contributed by atoms with E-state index in [1.807, 2.05) is 12.1 Å². The molecule has 1 aromatic carbocycles. The van der Waals surface area contributed by atoms with E-state index in [0.29, 0.717) is 6.42 Å². The van der Waals surface area contributed by atoms with Crippen molar-refractivity contribution >= 4 is 5.91 Å². The Morgan fingerprint density at radius 1 is 1.44 bits per heavy atom. The first kappa shape index (κ1) is 12.9. The fourth-order valence-electron chi connectivity index (χ4n) is 2.62. The molecule has 0 aromatic heterocycles. The maximum Gasteiger partial charge on any atom is 0.218 e. The standard InChI is InChI=1S/C14H20N2O2/c15-14(18)9-12-5-1-2-7-16(12)10-11-4-3-6-13(17)8-11/h3-4,6,8,12,17H,1-2,5,7,9-10H2,(H2,15,18)/t12-/m0/s1. The van der Waals surface area contributed by atoms with Gasteiger partial charge in [-0.25, -0.2) is 0 Å². The number of likely N-dealkylation sites (tertiary alicyclic amines) is 1. The third-order valence-corrected chi connectivity index (χ3v) is 3.48. The van der Waals surface area contributed by atoms with E-state index in [4.69, 9.17) is 5.73 Å². The van der Waals surface area contributed by atoms with Crippen LogP contribution in [0.25, 0.3) is 0 Å². The minimum absolute atomic E-state index is 0.234. The summed E-state index contributed by atoms with van der Waals surface area (Å²) in [5.74, 6) is 0.0544. The van der Waals surface area contributed by atoms with Gasteiger partial charge in [-0.2, -0.15) is 0 Å². The molecule has 4 nitrogen and oxygen atoms in total. The smallest absolute Gasteiger partial charge is 0.218 e. The first-order valence-corrected chi connectivity index (χ1v) is 6.45. The van der Waals surface area contributed by atoms with Crippen molar-refractivity contribution in [3.05, 3.63) is 29.8 Å². The number of phenols is 1. The van der Waals surface area contributed by atoms with Gasteiger partial charge in [-0.05, 0) is 37.1 Å². The minimum atomic E-state index is -0.234. The van der Waals surface area contributed by atoms with E-state index in [-0.39, 0.29) is 17.7 Å². The quantitative estimate of drug-likeness (QED) is 0.851. The van der Waals surface area contributed by atoms with Crippen molar-refractivity contribution in [1.29, 1.82) is 0 Å². The van der Waals surface area contributed by atoms with Crippen LogP contribution >= 0.6 is 0 Å². The van der Waals surface area contributed by atoms with Crippen LogP contribution < -0.4 is 5.73 Å². The van der Waals surface area contributed by atoms with E-state index >= 15 is 0 Å². The molecule has 1 fully saturated rings. The molecule has 0 aliphatic carbocycles. The van der Waals surface area contributed by atoms with Crippen LogP contribution in [0.2, 0.25) is 0 Å². The van der Waals surface area contributed by atoms with E-state index in [1.165, 1.54) is 0 Å². The van der Waals surface area contributed by atoms with E-state index in [9.17, 15) is 9.90 Å². The van der Waals surface area contributed by atoms with Gasteiger partial charge in [0, 0.05) is 19.0 Å². The molecule has 3 N–H and O–H groups in total. The normalized spacial score (nSPS) is 20.8. The second-order valence-electron chi connectivity index (χ2n) is 4.96. The molecule has 1 aliphatic heterocycles. The number of amides is 1. The monoisotopic (exact) mass is 248 g/mol. The maximum absolute atomic E-state index is 11.1. The molecule has 18 heavy (non-hydrogen) atoms. The lowest BCUT2D eigenvalue weighted by Gasteiger charge is -2.35. The maximum atomic E-state index is 11.1. The van der Waals surface area contributed by atoms with Gasteiger partial charge in [0.05, 0.1) is 0 Å². The number of primary amides is 1. The van der Waals surface area contributed by atoms with Gasteiger partial charge in [0.2, 0.25) is 5.91 Å². The van der Waals surface area contributed by atoms with Crippen LogP contribution in [0.3, 0.4) is 0 Å². The summed E-state index contributed by atoms with van der Waals surface area (Å²) in [7, 11) is 0. The zero-order chi connectivity index (χ0) is 13.0. The second-order valence-corrected chi connectivity index (χ2v) is 4.96. The van der Waals surface area contributed by atoms with Gasteiger partial charge in [-0.1, -0.05) is 18.6 Å². The van der Waals surface area contributed by atoms with Crippen LogP contribution in [0.15, 0.2) is 24.3 Å². The Balaban J connectivity index is 2.03. The Morgan fingerprint density at radius 3 is 3.00 bits per heavy atom. The number of hydrogen-bond donors (Lipinski definition) is 2. The Labute approximate surface area is 107 Å². The van der Waals surface area contributed by atoms with E-state index in [2.05, 4.69) is 4.90 Å². The highest BCUT2D eigenvalue weighted by atomic mass is 16.3. The summed E-state index contributed by atoms with van der Waals surface area (Å²) in [5, 5.41) is 9.46. The average molecular weight is 248 g/mol. The molecule has 0 unspecified atom stereocenters. The fraction of sp³-hybridized carbons (Fsp3) is 0.500. The summed E-state index contributed by atoms with van der Waals surface area (Å²) in [6.07, 6.45) is 3.78. The summed E-state index contributed by atoms with van der Waals surface area (Å²) in [6, 6.07) is 7.53. The lowest BCUT2D eigenvalue weighted by Crippen LogP contribution is -2.41. The number of phenolic OH excluding ortho intramolecular Hbond substituents is 1. The molecule has 1 atom stereocenters. The van der Waals surface area contributed by atoms with E-state index < -0.39 is 0 Å². The molecule has 1 heterocycles. The molecule has 98 valence electrons. The summed E-state index contributed by atoms with van der Waals surface area (Å²) < 4.78 is 0. The molecule has 0 radical (unpaired) electrons. The minimum Gasteiger partial charge on any atom is -0.508 e. The topological polar surface area (TPSA) is 66.6 Å². The number of benzene rings is 1. The molecule has 1 saturated heterocycles. The van der Waals surface area contributed by atoms with Gasteiger partial charge < -0.3 is 10.8 Å². The fourth-order valence-corrected chi connectivity index (χ4v) is 2.62. The summed E-state index contributed by atoms with van der Waals surface area (Å²) in [5.41, 5.74) is 6.37. The third kappa shape index (κ3) is 3.47. The van der Waals surface area contributed by atoms with Crippen LogP contribution in [-0.4, -0.2) is 28.5 Å². The molecule has 1 aliphatic rings. The Bertz CT molecular complexity index is 420. The number of carbonyl (C=O) groups excluding carboxylic acids is 1. The van der Waals surface area contributed by atoms with E-state index in [0.717, 1.165) is 37.9 Å². The van der Waals surface area contributed by atoms with Crippen molar-refractivity contribution in [2.45, 2.75) is 38.3 Å². The van der Waals surface area contributed by atoms with Gasteiger partial charge in [-0.3, -0.25) is 9.69 Å². The van der Waals surface area contributed by atoms with Gasteiger partial charge in [0.25, 0.3) is 0 Å². The number of aromatic hydroxyl groups is 1. The van der Waals surface area contributed by atoms with Crippen LogP contribution in [0.5, 0.6) is 5.75 Å². The summed E-state index contributed by atoms with van der Waals surface area (Å²) in [6.45, 7) is 1.76. The number of nitrogens with two attached hydrogens (primary N) is 1. The predicted octanol–water partition coefficient (Wildman–Crippen LogP) is 1.62. The lowest BCUT2D eigenvalue weighted by atomic mass is 9.98. The van der Waals surface area contributed by atoms with Crippen LogP contribution in [0, 0.1) is 0 Å². The first-order valence-electron chi connectivity index (χ1n) is 6.45. The molecule has 4 heteroatoms. The Morgan fingerprint density at radius 2 is 2.28 bits per heavy atom. The highest BCUT2D eigenvalue weighted by Crippen LogP contribution is 2.22.